The molecule has 1 aromatic heterocycles. The second kappa shape index (κ2) is 5.82. The number of rotatable bonds is 5. The molecule has 0 bridgehead atoms. The molecule has 1 fully saturated rings. The standard InChI is InChI=1S/C13H20N4O/c1-14-6-3-9-17-10-12(16(2)13(17)18)11-4-7-15-8-5-11/h4-5,7-8,12,14H,3,6,9-10H2,1-2H3. The van der Waals surface area contributed by atoms with Crippen molar-refractivity contribution in [3.63, 3.8) is 0 Å². The largest absolute Gasteiger partial charge is 0.322 e. The minimum atomic E-state index is 0.118. The van der Waals surface area contributed by atoms with Crippen LogP contribution in [0.25, 0.3) is 0 Å². The molecule has 1 aromatic rings. The summed E-state index contributed by atoms with van der Waals surface area (Å²) >= 11 is 0. The van der Waals surface area contributed by atoms with Crippen LogP contribution < -0.4 is 5.32 Å². The number of nitrogens with zero attached hydrogens (tertiary/aromatic N) is 3. The lowest BCUT2D eigenvalue weighted by Gasteiger charge is -2.17. The van der Waals surface area contributed by atoms with Crippen molar-refractivity contribution in [2.45, 2.75) is 12.5 Å². The minimum Gasteiger partial charge on any atom is -0.322 e. The molecular weight excluding hydrogens is 228 g/mol. The fourth-order valence-electron chi connectivity index (χ4n) is 2.31. The van der Waals surface area contributed by atoms with Crippen LogP contribution in [0.15, 0.2) is 24.5 Å². The fourth-order valence-corrected chi connectivity index (χ4v) is 2.31. The zero-order valence-electron chi connectivity index (χ0n) is 11.0. The molecule has 98 valence electrons. The Morgan fingerprint density at radius 3 is 2.83 bits per heavy atom. The molecule has 1 unspecified atom stereocenters. The van der Waals surface area contributed by atoms with Gasteiger partial charge in [-0.25, -0.2) is 4.79 Å². The Labute approximate surface area is 108 Å². The molecule has 5 heteroatoms. The van der Waals surface area contributed by atoms with Gasteiger partial charge in [-0.05, 0) is 37.7 Å². The summed E-state index contributed by atoms with van der Waals surface area (Å²) in [5, 5.41) is 3.10. The van der Waals surface area contributed by atoms with Crippen LogP contribution in [0, 0.1) is 0 Å². The van der Waals surface area contributed by atoms with E-state index in [1.165, 1.54) is 0 Å². The first-order valence-electron chi connectivity index (χ1n) is 6.30. The van der Waals surface area contributed by atoms with Crippen LogP contribution in [0.5, 0.6) is 0 Å². The van der Waals surface area contributed by atoms with E-state index in [9.17, 15) is 4.79 Å². The first-order valence-corrected chi connectivity index (χ1v) is 6.30. The molecule has 5 nitrogen and oxygen atoms in total. The van der Waals surface area contributed by atoms with Crippen molar-refractivity contribution in [3.05, 3.63) is 30.1 Å². The normalized spacial score (nSPS) is 19.7. The van der Waals surface area contributed by atoms with E-state index in [0.29, 0.717) is 0 Å². The number of pyridine rings is 1. The zero-order chi connectivity index (χ0) is 13.0. The number of hydrogen-bond acceptors (Lipinski definition) is 3. The predicted molar refractivity (Wildman–Crippen MR) is 70.3 cm³/mol. The van der Waals surface area contributed by atoms with Gasteiger partial charge in [0.1, 0.15) is 0 Å². The van der Waals surface area contributed by atoms with E-state index in [4.69, 9.17) is 0 Å². The molecule has 0 aliphatic carbocycles. The van der Waals surface area contributed by atoms with Gasteiger partial charge in [0.2, 0.25) is 0 Å². The van der Waals surface area contributed by atoms with Crippen molar-refractivity contribution in [2.75, 3.05) is 33.7 Å². The fraction of sp³-hybridized carbons (Fsp3) is 0.538. The van der Waals surface area contributed by atoms with Gasteiger partial charge in [-0.2, -0.15) is 0 Å². The number of aromatic nitrogens is 1. The number of hydrogen-bond donors (Lipinski definition) is 1. The molecule has 2 amide bonds. The third-order valence-electron chi connectivity index (χ3n) is 3.38. The van der Waals surface area contributed by atoms with Crippen molar-refractivity contribution in [1.29, 1.82) is 0 Å². The third kappa shape index (κ3) is 2.61. The number of urea groups is 1. The molecule has 1 atom stereocenters. The van der Waals surface area contributed by atoms with Crippen molar-refractivity contribution in [3.8, 4) is 0 Å². The molecule has 1 aliphatic heterocycles. The van der Waals surface area contributed by atoms with E-state index in [1.54, 1.807) is 12.4 Å². The maximum Gasteiger partial charge on any atom is 0.320 e. The van der Waals surface area contributed by atoms with E-state index in [1.807, 2.05) is 36.0 Å². The van der Waals surface area contributed by atoms with Crippen LogP contribution in [0.2, 0.25) is 0 Å². The van der Waals surface area contributed by atoms with Crippen LogP contribution in [0.1, 0.15) is 18.0 Å². The Balaban J connectivity index is 2.01. The van der Waals surface area contributed by atoms with Gasteiger partial charge in [-0.3, -0.25) is 4.98 Å². The second-order valence-electron chi connectivity index (χ2n) is 4.59. The molecule has 1 aliphatic rings. The van der Waals surface area contributed by atoms with Crippen molar-refractivity contribution < 1.29 is 4.79 Å². The van der Waals surface area contributed by atoms with Gasteiger partial charge in [0, 0.05) is 32.5 Å². The average Bonchev–Trinajstić information content (AvgIpc) is 2.68. The summed E-state index contributed by atoms with van der Waals surface area (Å²) in [5.41, 5.74) is 1.15. The molecule has 1 saturated heterocycles. The quantitative estimate of drug-likeness (QED) is 0.794. The SMILES string of the molecule is CNCCCN1CC(c2ccncc2)N(C)C1=O. The molecule has 0 aromatic carbocycles. The predicted octanol–water partition coefficient (Wildman–Crippen LogP) is 1.10. The first-order chi connectivity index (χ1) is 8.74. The third-order valence-corrected chi connectivity index (χ3v) is 3.38. The summed E-state index contributed by atoms with van der Waals surface area (Å²) in [6.45, 7) is 2.52. The topological polar surface area (TPSA) is 48.5 Å². The van der Waals surface area contributed by atoms with Gasteiger partial charge in [0.15, 0.2) is 0 Å². The molecule has 0 saturated carbocycles. The lowest BCUT2D eigenvalue weighted by atomic mass is 10.1. The van der Waals surface area contributed by atoms with Crippen molar-refractivity contribution in [1.82, 2.24) is 20.1 Å². The molecule has 2 rings (SSSR count). The molecule has 0 radical (unpaired) electrons. The van der Waals surface area contributed by atoms with Crippen LogP contribution in [-0.2, 0) is 0 Å². The van der Waals surface area contributed by atoms with Gasteiger partial charge >= 0.3 is 6.03 Å². The summed E-state index contributed by atoms with van der Waals surface area (Å²) in [5.74, 6) is 0. The van der Waals surface area contributed by atoms with Crippen molar-refractivity contribution >= 4 is 6.03 Å². The van der Waals surface area contributed by atoms with Gasteiger partial charge < -0.3 is 15.1 Å². The Bertz CT molecular complexity index is 395. The van der Waals surface area contributed by atoms with Gasteiger partial charge in [-0.15, -0.1) is 0 Å². The summed E-state index contributed by atoms with van der Waals surface area (Å²) in [6, 6.07) is 4.22. The van der Waals surface area contributed by atoms with Crippen molar-refractivity contribution in [2.24, 2.45) is 0 Å². The Morgan fingerprint density at radius 1 is 1.44 bits per heavy atom. The smallest absolute Gasteiger partial charge is 0.320 e. The van der Waals surface area contributed by atoms with E-state index in [-0.39, 0.29) is 12.1 Å². The lowest BCUT2D eigenvalue weighted by molar-refractivity contribution is 0.195. The Morgan fingerprint density at radius 2 is 2.17 bits per heavy atom. The molecule has 18 heavy (non-hydrogen) atoms. The number of carbonyl (C=O) groups excluding carboxylic acids is 1. The van der Waals surface area contributed by atoms with Crippen LogP contribution >= 0.6 is 0 Å². The number of amides is 2. The van der Waals surface area contributed by atoms with Crippen LogP contribution in [0.3, 0.4) is 0 Å². The minimum absolute atomic E-state index is 0.118. The van der Waals surface area contributed by atoms with E-state index >= 15 is 0 Å². The second-order valence-corrected chi connectivity index (χ2v) is 4.59. The van der Waals surface area contributed by atoms with Gasteiger partial charge in [0.25, 0.3) is 0 Å². The van der Waals surface area contributed by atoms with E-state index in [2.05, 4.69) is 10.3 Å². The maximum atomic E-state index is 12.1. The Hall–Kier alpha value is -1.62. The van der Waals surface area contributed by atoms with Crippen LogP contribution in [0.4, 0.5) is 4.79 Å². The maximum absolute atomic E-state index is 12.1. The molecular formula is C13H20N4O. The van der Waals surface area contributed by atoms with E-state index in [0.717, 1.165) is 31.6 Å². The highest BCUT2D eigenvalue weighted by atomic mass is 16.2. The lowest BCUT2D eigenvalue weighted by Crippen LogP contribution is -2.31. The highest BCUT2D eigenvalue weighted by Gasteiger charge is 2.34. The highest BCUT2D eigenvalue weighted by Crippen LogP contribution is 2.27. The highest BCUT2D eigenvalue weighted by molar-refractivity contribution is 5.77. The number of carbonyl (C=O) groups is 1. The molecule has 1 N–H and O–H groups in total. The summed E-state index contributed by atoms with van der Waals surface area (Å²) in [4.78, 5) is 19.8. The monoisotopic (exact) mass is 248 g/mol. The molecule has 0 spiro atoms. The summed E-state index contributed by atoms with van der Waals surface area (Å²) < 4.78 is 0. The summed E-state index contributed by atoms with van der Waals surface area (Å²) in [7, 11) is 3.79. The Kier molecular flexibility index (Phi) is 4.15. The number of likely N-dealkylation sites (N-methyl/N-ethyl adjacent to an activating group) is 1. The average molecular weight is 248 g/mol. The van der Waals surface area contributed by atoms with E-state index < -0.39 is 0 Å². The van der Waals surface area contributed by atoms with Crippen LogP contribution in [-0.4, -0.2) is 54.5 Å². The molecule has 2 heterocycles. The zero-order valence-corrected chi connectivity index (χ0v) is 11.0. The number of nitrogens with one attached hydrogen (secondary N) is 1. The van der Waals surface area contributed by atoms with Gasteiger partial charge in [-0.1, -0.05) is 0 Å². The van der Waals surface area contributed by atoms with Gasteiger partial charge in [0.05, 0.1) is 6.04 Å². The first kappa shape index (κ1) is 12.8. The summed E-state index contributed by atoms with van der Waals surface area (Å²) in [6.07, 6.45) is 4.54.